The molecule has 1 unspecified atom stereocenters. The van der Waals surface area contributed by atoms with Gasteiger partial charge in [-0.1, -0.05) is 43.5 Å². The number of ketones is 1. The first-order valence-corrected chi connectivity index (χ1v) is 11.6. The molecule has 1 aliphatic heterocycles. The predicted octanol–water partition coefficient (Wildman–Crippen LogP) is 5.04. The Hall–Kier alpha value is -3.19. The van der Waals surface area contributed by atoms with Gasteiger partial charge < -0.3 is 24.4 Å². The highest BCUT2D eigenvalue weighted by molar-refractivity contribution is 6.46. The molecule has 0 radical (unpaired) electrons. The van der Waals surface area contributed by atoms with Crippen molar-refractivity contribution in [2.75, 3.05) is 39.8 Å². The Balaban J connectivity index is 2.19. The number of carbonyl (C=O) groups excluding carboxylic acids is 2. The number of rotatable bonds is 9. The van der Waals surface area contributed by atoms with Crippen LogP contribution in [0.5, 0.6) is 11.5 Å². The summed E-state index contributed by atoms with van der Waals surface area (Å²) >= 11 is 6.31. The average Bonchev–Trinajstić information content (AvgIpc) is 3.08. The first-order chi connectivity index (χ1) is 16.2. The van der Waals surface area contributed by atoms with Gasteiger partial charge in [-0.25, -0.2) is 0 Å². The van der Waals surface area contributed by atoms with Gasteiger partial charge in [0.1, 0.15) is 17.3 Å². The van der Waals surface area contributed by atoms with Crippen LogP contribution in [0.25, 0.3) is 5.76 Å². The minimum absolute atomic E-state index is 0.0126. The Morgan fingerprint density at radius 1 is 1.06 bits per heavy atom. The third kappa shape index (κ3) is 4.85. The quantitative estimate of drug-likeness (QED) is 0.231. The minimum Gasteiger partial charge on any atom is -0.507 e. The third-order valence-electron chi connectivity index (χ3n) is 6.00. The fourth-order valence-electron chi connectivity index (χ4n) is 4.13. The summed E-state index contributed by atoms with van der Waals surface area (Å²) in [6, 6.07) is 9.90. The summed E-state index contributed by atoms with van der Waals surface area (Å²) in [6.07, 6.45) is 2.67. The SMILES string of the molecule is CCCCCN1C(=O)C(=O)/C(=C(/O)c2cc(Cl)c(OC)cc2OC)C1c1ccc(N(C)C)cc1. The van der Waals surface area contributed by atoms with Crippen molar-refractivity contribution in [3.05, 3.63) is 58.1 Å². The molecule has 2 aromatic carbocycles. The highest BCUT2D eigenvalue weighted by Crippen LogP contribution is 2.43. The fraction of sp³-hybridized carbons (Fsp3) is 0.385. The topological polar surface area (TPSA) is 79.3 Å². The van der Waals surface area contributed by atoms with E-state index < -0.39 is 17.7 Å². The molecule has 182 valence electrons. The van der Waals surface area contributed by atoms with Gasteiger partial charge >= 0.3 is 0 Å². The Bertz CT molecular complexity index is 1100. The summed E-state index contributed by atoms with van der Waals surface area (Å²) in [5.41, 5.74) is 1.95. The standard InChI is InChI=1S/C26H31ClN2O5/c1-6-7-8-13-29-23(16-9-11-17(12-10-16)28(2)3)22(25(31)26(29)32)24(30)18-14-19(27)21(34-5)15-20(18)33-4/h9-12,14-15,23,30H,6-8,13H2,1-5H3/b24-22+. The fourth-order valence-corrected chi connectivity index (χ4v) is 4.38. The van der Waals surface area contributed by atoms with Gasteiger partial charge in [0.2, 0.25) is 0 Å². The van der Waals surface area contributed by atoms with Crippen molar-refractivity contribution in [1.82, 2.24) is 4.90 Å². The van der Waals surface area contributed by atoms with Gasteiger partial charge in [-0.3, -0.25) is 9.59 Å². The molecule has 1 N–H and O–H groups in total. The number of unbranched alkanes of at least 4 members (excludes halogenated alkanes) is 2. The van der Waals surface area contributed by atoms with E-state index in [9.17, 15) is 14.7 Å². The normalized spacial score (nSPS) is 17.2. The molecule has 1 atom stereocenters. The molecule has 1 amide bonds. The smallest absolute Gasteiger partial charge is 0.295 e. The summed E-state index contributed by atoms with van der Waals surface area (Å²) in [4.78, 5) is 29.8. The maximum Gasteiger partial charge on any atom is 0.295 e. The Kier molecular flexibility index (Phi) is 8.10. The molecule has 1 fully saturated rings. The molecule has 8 heteroatoms. The molecule has 34 heavy (non-hydrogen) atoms. The lowest BCUT2D eigenvalue weighted by molar-refractivity contribution is -0.139. The second-order valence-corrected chi connectivity index (χ2v) is 8.78. The monoisotopic (exact) mass is 486 g/mol. The first kappa shape index (κ1) is 25.4. The number of carbonyl (C=O) groups is 2. The van der Waals surface area contributed by atoms with Crippen molar-refractivity contribution >= 4 is 34.7 Å². The van der Waals surface area contributed by atoms with E-state index in [1.54, 1.807) is 4.90 Å². The molecular weight excluding hydrogens is 456 g/mol. The summed E-state index contributed by atoms with van der Waals surface area (Å²) in [7, 11) is 6.79. The number of ether oxygens (including phenoxy) is 2. The van der Waals surface area contributed by atoms with Crippen LogP contribution in [0.15, 0.2) is 42.0 Å². The van der Waals surface area contributed by atoms with Crippen LogP contribution < -0.4 is 14.4 Å². The van der Waals surface area contributed by atoms with E-state index in [0.717, 1.165) is 30.5 Å². The average molecular weight is 487 g/mol. The summed E-state index contributed by atoms with van der Waals surface area (Å²) in [5.74, 6) is -1.05. The van der Waals surface area contributed by atoms with E-state index in [2.05, 4.69) is 6.92 Å². The van der Waals surface area contributed by atoms with E-state index in [1.807, 2.05) is 43.3 Å². The molecule has 0 bridgehead atoms. The van der Waals surface area contributed by atoms with Gasteiger partial charge in [-0.15, -0.1) is 0 Å². The Labute approximate surface area is 205 Å². The summed E-state index contributed by atoms with van der Waals surface area (Å²) in [5, 5.41) is 11.6. The van der Waals surface area contributed by atoms with Crippen LogP contribution in [0.2, 0.25) is 5.02 Å². The first-order valence-electron chi connectivity index (χ1n) is 11.2. The van der Waals surface area contributed by atoms with Gasteiger partial charge in [0.25, 0.3) is 11.7 Å². The van der Waals surface area contributed by atoms with E-state index in [-0.39, 0.29) is 27.7 Å². The van der Waals surface area contributed by atoms with Crippen molar-refractivity contribution < 1.29 is 24.2 Å². The van der Waals surface area contributed by atoms with Crippen LogP contribution >= 0.6 is 11.6 Å². The molecule has 0 aliphatic carbocycles. The van der Waals surface area contributed by atoms with Crippen LogP contribution in [0, 0.1) is 0 Å². The van der Waals surface area contributed by atoms with Gasteiger partial charge in [0.05, 0.1) is 36.4 Å². The molecule has 1 saturated heterocycles. The van der Waals surface area contributed by atoms with Crippen LogP contribution in [-0.4, -0.2) is 56.6 Å². The molecule has 0 saturated carbocycles. The number of amides is 1. The van der Waals surface area contributed by atoms with Gasteiger partial charge in [0, 0.05) is 32.4 Å². The molecule has 0 aromatic heterocycles. The van der Waals surface area contributed by atoms with Gasteiger partial charge in [-0.05, 0) is 30.2 Å². The molecule has 1 heterocycles. The molecular formula is C26H31ClN2O5. The number of Topliss-reactive ketones (excluding diaryl/α,β-unsaturated/α-hetero) is 1. The predicted molar refractivity (Wildman–Crippen MR) is 134 cm³/mol. The van der Waals surface area contributed by atoms with Crippen molar-refractivity contribution in [3.8, 4) is 11.5 Å². The van der Waals surface area contributed by atoms with Crippen LogP contribution in [0.1, 0.15) is 43.4 Å². The highest BCUT2D eigenvalue weighted by Gasteiger charge is 2.46. The number of aliphatic hydroxyl groups is 1. The number of anilines is 1. The van der Waals surface area contributed by atoms with Crippen LogP contribution in [-0.2, 0) is 9.59 Å². The lowest BCUT2D eigenvalue weighted by atomic mass is 9.94. The third-order valence-corrected chi connectivity index (χ3v) is 6.29. The molecule has 3 rings (SSSR count). The van der Waals surface area contributed by atoms with Crippen molar-refractivity contribution in [2.45, 2.75) is 32.2 Å². The summed E-state index contributed by atoms with van der Waals surface area (Å²) < 4.78 is 10.7. The van der Waals surface area contributed by atoms with E-state index >= 15 is 0 Å². The van der Waals surface area contributed by atoms with Crippen molar-refractivity contribution in [1.29, 1.82) is 0 Å². The number of hydrogen-bond acceptors (Lipinski definition) is 6. The molecule has 0 spiro atoms. The number of methoxy groups -OCH3 is 2. The number of likely N-dealkylation sites (tertiary alicyclic amines) is 1. The number of benzene rings is 2. The van der Waals surface area contributed by atoms with E-state index in [1.165, 1.54) is 26.4 Å². The number of aliphatic hydroxyl groups excluding tert-OH is 1. The zero-order valence-electron chi connectivity index (χ0n) is 20.2. The second-order valence-electron chi connectivity index (χ2n) is 8.37. The van der Waals surface area contributed by atoms with Crippen molar-refractivity contribution in [2.24, 2.45) is 0 Å². The Morgan fingerprint density at radius 3 is 2.26 bits per heavy atom. The zero-order valence-corrected chi connectivity index (χ0v) is 21.0. The van der Waals surface area contributed by atoms with Crippen molar-refractivity contribution in [3.63, 3.8) is 0 Å². The van der Waals surface area contributed by atoms with Crippen LogP contribution in [0.3, 0.4) is 0 Å². The maximum atomic E-state index is 13.2. The maximum absolute atomic E-state index is 13.2. The van der Waals surface area contributed by atoms with E-state index in [4.69, 9.17) is 21.1 Å². The molecule has 1 aliphatic rings. The van der Waals surface area contributed by atoms with Gasteiger partial charge in [0.15, 0.2) is 0 Å². The largest absolute Gasteiger partial charge is 0.507 e. The summed E-state index contributed by atoms with van der Waals surface area (Å²) in [6.45, 7) is 2.49. The number of hydrogen-bond donors (Lipinski definition) is 1. The van der Waals surface area contributed by atoms with E-state index in [0.29, 0.717) is 12.3 Å². The van der Waals surface area contributed by atoms with Crippen LogP contribution in [0.4, 0.5) is 5.69 Å². The lowest BCUT2D eigenvalue weighted by Crippen LogP contribution is -2.30. The lowest BCUT2D eigenvalue weighted by Gasteiger charge is -2.26. The molecule has 7 nitrogen and oxygen atoms in total. The number of nitrogens with zero attached hydrogens (tertiary/aromatic N) is 2. The Morgan fingerprint density at radius 2 is 1.71 bits per heavy atom. The molecule has 2 aromatic rings. The zero-order chi connectivity index (χ0) is 25.0. The van der Waals surface area contributed by atoms with Gasteiger partial charge in [-0.2, -0.15) is 0 Å². The highest BCUT2D eigenvalue weighted by atomic mass is 35.5. The second kappa shape index (κ2) is 10.8. The minimum atomic E-state index is -0.732. The number of halogens is 1.